The van der Waals surface area contributed by atoms with E-state index >= 15 is 0 Å². The lowest BCUT2D eigenvalue weighted by Gasteiger charge is -2.34. The predicted octanol–water partition coefficient (Wildman–Crippen LogP) is 0.290. The average molecular weight is 368 g/mol. The van der Waals surface area contributed by atoms with Crippen LogP contribution in [0.5, 0.6) is 0 Å². The summed E-state index contributed by atoms with van der Waals surface area (Å²) in [6, 6.07) is 3.91. The number of rotatable bonds is 0. The van der Waals surface area contributed by atoms with Gasteiger partial charge in [0.25, 0.3) is 5.56 Å². The van der Waals surface area contributed by atoms with Gasteiger partial charge in [0, 0.05) is 30.9 Å². The number of hydrogen-bond acceptors (Lipinski definition) is 5. The first-order valence-corrected chi connectivity index (χ1v) is 8.10. The van der Waals surface area contributed by atoms with Crippen LogP contribution in [0.25, 0.3) is 0 Å². The average Bonchev–Trinajstić information content (AvgIpc) is 3.22. The van der Waals surface area contributed by atoms with Crippen LogP contribution >= 0.6 is 0 Å². The molecule has 3 N–H and O–H groups in total. The van der Waals surface area contributed by atoms with Crippen molar-refractivity contribution in [2.24, 2.45) is 14.1 Å². The van der Waals surface area contributed by atoms with Crippen LogP contribution in [0.4, 0.5) is 21.7 Å². The van der Waals surface area contributed by atoms with Crippen LogP contribution in [0.3, 0.4) is 0 Å². The molecule has 1 unspecified atom stereocenters. The summed E-state index contributed by atoms with van der Waals surface area (Å²) in [6.45, 7) is 0. The minimum Gasteiger partial charge on any atom is -0.326 e. The normalized spacial score (nSPS) is 19.3. The molecule has 2 aliphatic heterocycles. The van der Waals surface area contributed by atoms with Gasteiger partial charge in [0.1, 0.15) is 22.9 Å². The lowest BCUT2D eigenvalue weighted by molar-refractivity contribution is -0.118. The topological polar surface area (TPSA) is 114 Å². The Balaban J connectivity index is 2.04. The number of anilines is 3. The van der Waals surface area contributed by atoms with Crippen molar-refractivity contribution in [2.75, 3.05) is 10.6 Å². The molecule has 136 valence electrons. The maximum atomic E-state index is 14.1. The summed E-state index contributed by atoms with van der Waals surface area (Å²) < 4.78 is 16.3. The van der Waals surface area contributed by atoms with Crippen LogP contribution in [0.1, 0.15) is 16.7 Å². The second kappa shape index (κ2) is 4.72. The quantitative estimate of drug-likeness (QED) is 0.528. The molecule has 5 rings (SSSR count). The SMILES string of the molecule is Cn1c2c(c(=O)n(C)c1=O)C1(C(=O)Nc3ccc(F)cc31)c1cn[nH]c1N2. The minimum absolute atomic E-state index is 0.0443. The van der Waals surface area contributed by atoms with Gasteiger partial charge in [-0.2, -0.15) is 5.10 Å². The number of nitrogens with one attached hydrogen (secondary N) is 3. The van der Waals surface area contributed by atoms with Gasteiger partial charge in [0.2, 0.25) is 5.91 Å². The molecule has 0 bridgehead atoms. The van der Waals surface area contributed by atoms with Crippen LogP contribution in [-0.2, 0) is 24.3 Å². The Labute approximate surface area is 150 Å². The minimum atomic E-state index is -1.62. The molecular weight excluding hydrogens is 355 g/mol. The van der Waals surface area contributed by atoms with E-state index in [9.17, 15) is 18.8 Å². The number of carbonyl (C=O) groups excluding carboxylic acids is 1. The van der Waals surface area contributed by atoms with Crippen molar-refractivity contribution in [3.05, 3.63) is 67.7 Å². The molecule has 10 heteroatoms. The fraction of sp³-hybridized carbons (Fsp3) is 0.176. The molecule has 1 amide bonds. The van der Waals surface area contributed by atoms with Crippen molar-refractivity contribution < 1.29 is 9.18 Å². The van der Waals surface area contributed by atoms with E-state index in [0.717, 1.165) is 4.57 Å². The van der Waals surface area contributed by atoms with E-state index in [1.807, 2.05) is 0 Å². The van der Waals surface area contributed by atoms with Gasteiger partial charge in [-0.3, -0.25) is 23.8 Å². The zero-order valence-electron chi connectivity index (χ0n) is 14.3. The van der Waals surface area contributed by atoms with Crippen LogP contribution < -0.4 is 21.9 Å². The maximum Gasteiger partial charge on any atom is 0.332 e. The standard InChI is InChI=1S/C17H13FN6O3/c1-23-13-11(14(25)24(2)16(23)27)17(9-6-19-22-12(9)21-13)8-5-7(18)3-4-10(8)20-15(17)26/h3-6H,1-2H3,(H,20,26)(H2,19,21,22). The van der Waals surface area contributed by atoms with Crippen molar-refractivity contribution >= 4 is 23.2 Å². The molecular formula is C17H13FN6O3. The van der Waals surface area contributed by atoms with E-state index in [-0.39, 0.29) is 11.4 Å². The molecule has 1 spiro atoms. The monoisotopic (exact) mass is 368 g/mol. The Morgan fingerprint density at radius 2 is 1.85 bits per heavy atom. The molecule has 0 radical (unpaired) electrons. The number of H-pyrrole nitrogens is 1. The predicted molar refractivity (Wildman–Crippen MR) is 93.7 cm³/mol. The summed E-state index contributed by atoms with van der Waals surface area (Å²) in [6.07, 6.45) is 1.43. The van der Waals surface area contributed by atoms with Crippen molar-refractivity contribution in [3.63, 3.8) is 0 Å². The lowest BCUT2D eigenvalue weighted by Crippen LogP contribution is -2.50. The number of hydrogen-bond donors (Lipinski definition) is 3. The Hall–Kier alpha value is -3.69. The molecule has 1 aromatic carbocycles. The number of aromatic nitrogens is 4. The number of amides is 1. The van der Waals surface area contributed by atoms with Gasteiger partial charge in [-0.25, -0.2) is 9.18 Å². The van der Waals surface area contributed by atoms with Gasteiger partial charge in [-0.1, -0.05) is 0 Å². The summed E-state index contributed by atoms with van der Waals surface area (Å²) in [5, 5.41) is 12.4. The largest absolute Gasteiger partial charge is 0.332 e. The Morgan fingerprint density at radius 3 is 2.63 bits per heavy atom. The number of halogens is 1. The van der Waals surface area contributed by atoms with Crippen LogP contribution in [0.15, 0.2) is 34.0 Å². The first-order valence-electron chi connectivity index (χ1n) is 8.10. The van der Waals surface area contributed by atoms with Gasteiger partial charge >= 0.3 is 5.69 Å². The fourth-order valence-electron chi connectivity index (χ4n) is 4.04. The van der Waals surface area contributed by atoms with Crippen LogP contribution in [-0.4, -0.2) is 25.2 Å². The fourth-order valence-corrected chi connectivity index (χ4v) is 4.04. The first-order chi connectivity index (χ1) is 12.9. The Morgan fingerprint density at radius 1 is 1.07 bits per heavy atom. The Kier molecular flexibility index (Phi) is 2.72. The number of fused-ring (bicyclic) bond motifs is 6. The smallest absolute Gasteiger partial charge is 0.326 e. The number of carbonyl (C=O) groups is 1. The van der Waals surface area contributed by atoms with Gasteiger partial charge < -0.3 is 10.6 Å². The highest BCUT2D eigenvalue weighted by Crippen LogP contribution is 2.52. The number of nitrogens with zero attached hydrogens (tertiary/aromatic N) is 3. The third-order valence-corrected chi connectivity index (χ3v) is 5.30. The summed E-state index contributed by atoms with van der Waals surface area (Å²) in [5.74, 6) is -0.536. The zero-order valence-corrected chi connectivity index (χ0v) is 14.3. The summed E-state index contributed by atoms with van der Waals surface area (Å²) in [5.41, 5.74) is -1.69. The molecule has 0 aliphatic carbocycles. The second-order valence-electron chi connectivity index (χ2n) is 6.61. The molecule has 0 saturated heterocycles. The molecule has 27 heavy (non-hydrogen) atoms. The third-order valence-electron chi connectivity index (χ3n) is 5.30. The molecule has 0 fully saturated rings. The van der Waals surface area contributed by atoms with Crippen molar-refractivity contribution in [1.82, 2.24) is 19.3 Å². The lowest BCUT2D eigenvalue weighted by atomic mass is 9.69. The summed E-state index contributed by atoms with van der Waals surface area (Å²) >= 11 is 0. The van der Waals surface area contributed by atoms with Crippen LogP contribution in [0.2, 0.25) is 0 Å². The second-order valence-corrected chi connectivity index (χ2v) is 6.61. The molecule has 2 aliphatic rings. The van der Waals surface area contributed by atoms with E-state index < -0.39 is 28.4 Å². The van der Waals surface area contributed by atoms with E-state index in [4.69, 9.17) is 0 Å². The van der Waals surface area contributed by atoms with E-state index in [1.165, 1.54) is 43.1 Å². The highest BCUT2D eigenvalue weighted by Gasteiger charge is 2.57. The van der Waals surface area contributed by atoms with Crippen LogP contribution in [0, 0.1) is 5.82 Å². The van der Waals surface area contributed by atoms with Crippen molar-refractivity contribution in [2.45, 2.75) is 5.41 Å². The summed E-state index contributed by atoms with van der Waals surface area (Å²) in [4.78, 5) is 38.8. The molecule has 1 atom stereocenters. The van der Waals surface area contributed by atoms with Gasteiger partial charge in [-0.05, 0) is 18.2 Å². The van der Waals surface area contributed by atoms with E-state index in [1.54, 1.807) is 0 Å². The molecule has 2 aromatic heterocycles. The van der Waals surface area contributed by atoms with Gasteiger partial charge in [-0.15, -0.1) is 0 Å². The maximum absolute atomic E-state index is 14.1. The third kappa shape index (κ3) is 1.62. The number of benzene rings is 1. The molecule has 3 aromatic rings. The van der Waals surface area contributed by atoms with E-state index in [2.05, 4.69) is 20.8 Å². The molecule has 4 heterocycles. The van der Waals surface area contributed by atoms with Crippen molar-refractivity contribution in [1.29, 1.82) is 0 Å². The molecule has 0 saturated carbocycles. The summed E-state index contributed by atoms with van der Waals surface area (Å²) in [7, 11) is 2.82. The van der Waals surface area contributed by atoms with Gasteiger partial charge in [0.15, 0.2) is 0 Å². The molecule has 9 nitrogen and oxygen atoms in total. The highest BCUT2D eigenvalue weighted by atomic mass is 19.1. The Bertz CT molecular complexity index is 1290. The van der Waals surface area contributed by atoms with Gasteiger partial charge in [0.05, 0.1) is 11.8 Å². The number of aromatic amines is 1. The van der Waals surface area contributed by atoms with Crippen molar-refractivity contribution in [3.8, 4) is 0 Å². The van der Waals surface area contributed by atoms with E-state index in [0.29, 0.717) is 22.6 Å². The zero-order chi connectivity index (χ0) is 19.1. The first kappa shape index (κ1) is 15.6. The highest BCUT2D eigenvalue weighted by molar-refractivity contribution is 6.13.